The van der Waals surface area contributed by atoms with Gasteiger partial charge in [0.2, 0.25) is 11.8 Å². The Balaban J connectivity index is 1.79. The maximum Gasteiger partial charge on any atom is 0.246 e. The van der Waals surface area contributed by atoms with Crippen molar-refractivity contribution in [2.75, 3.05) is 6.54 Å². The van der Waals surface area contributed by atoms with Crippen LogP contribution in [0, 0.1) is 23.7 Å². The maximum absolute atomic E-state index is 12.8. The van der Waals surface area contributed by atoms with Crippen LogP contribution in [0.5, 0.6) is 0 Å². The van der Waals surface area contributed by atoms with Gasteiger partial charge in [-0.25, -0.2) is 0 Å². The Hall–Kier alpha value is -1.06. The van der Waals surface area contributed by atoms with E-state index in [0.29, 0.717) is 5.92 Å². The molecule has 4 atom stereocenters. The zero-order chi connectivity index (χ0) is 15.4. The second-order valence-electron chi connectivity index (χ2n) is 8.14. The first kappa shape index (κ1) is 14.9. The average Bonchev–Trinajstić information content (AvgIpc) is 3.01. The van der Waals surface area contributed by atoms with E-state index >= 15 is 0 Å². The summed E-state index contributed by atoms with van der Waals surface area (Å²) >= 11 is 0. The predicted molar refractivity (Wildman–Crippen MR) is 81.5 cm³/mol. The molecule has 0 radical (unpaired) electrons. The van der Waals surface area contributed by atoms with Crippen LogP contribution in [0.3, 0.4) is 0 Å². The van der Waals surface area contributed by atoms with Crippen molar-refractivity contribution in [3.63, 3.8) is 0 Å². The minimum atomic E-state index is -0.718. The fourth-order valence-corrected chi connectivity index (χ4v) is 4.55. The summed E-state index contributed by atoms with van der Waals surface area (Å²) in [6.07, 6.45) is 5.27. The normalized spacial score (nSPS) is 38.2. The molecule has 2 amide bonds. The van der Waals surface area contributed by atoms with Crippen LogP contribution >= 0.6 is 0 Å². The number of nitrogens with one attached hydrogen (secondary N) is 1. The summed E-state index contributed by atoms with van der Waals surface area (Å²) in [4.78, 5) is 27.1. The van der Waals surface area contributed by atoms with Crippen molar-refractivity contribution in [1.82, 2.24) is 10.2 Å². The molecule has 3 rings (SSSR count). The fourth-order valence-electron chi connectivity index (χ4n) is 4.55. The van der Waals surface area contributed by atoms with E-state index in [1.54, 1.807) is 0 Å². The van der Waals surface area contributed by atoms with Crippen LogP contribution < -0.4 is 5.32 Å². The third-order valence-corrected chi connectivity index (χ3v) is 6.02. The molecule has 3 aliphatic rings. The molecule has 2 aliphatic carbocycles. The second kappa shape index (κ2) is 4.99. The van der Waals surface area contributed by atoms with Crippen LogP contribution in [-0.2, 0) is 9.59 Å². The third-order valence-electron chi connectivity index (χ3n) is 6.02. The monoisotopic (exact) mass is 292 g/mol. The van der Waals surface area contributed by atoms with Gasteiger partial charge in [0.05, 0.1) is 0 Å². The Labute approximate surface area is 127 Å². The molecule has 2 saturated carbocycles. The number of carbonyl (C=O) groups is 2. The van der Waals surface area contributed by atoms with Gasteiger partial charge in [-0.15, -0.1) is 0 Å². The van der Waals surface area contributed by atoms with E-state index in [9.17, 15) is 9.59 Å². The Morgan fingerprint density at radius 1 is 1.24 bits per heavy atom. The van der Waals surface area contributed by atoms with E-state index in [1.807, 2.05) is 32.6 Å². The Morgan fingerprint density at radius 3 is 2.48 bits per heavy atom. The van der Waals surface area contributed by atoms with E-state index in [0.717, 1.165) is 18.4 Å². The van der Waals surface area contributed by atoms with Gasteiger partial charge < -0.3 is 10.2 Å². The molecule has 21 heavy (non-hydrogen) atoms. The average molecular weight is 292 g/mol. The lowest BCUT2D eigenvalue weighted by Crippen LogP contribution is -2.70. The Morgan fingerprint density at radius 2 is 1.95 bits per heavy atom. The summed E-state index contributed by atoms with van der Waals surface area (Å²) in [5.41, 5.74) is -0.718. The summed E-state index contributed by atoms with van der Waals surface area (Å²) in [7, 11) is 0. The van der Waals surface area contributed by atoms with Crippen molar-refractivity contribution in [2.24, 2.45) is 23.7 Å². The number of amides is 2. The van der Waals surface area contributed by atoms with Gasteiger partial charge in [0.25, 0.3) is 0 Å². The number of hydrogen-bond donors (Lipinski definition) is 1. The molecule has 0 aromatic rings. The summed E-state index contributed by atoms with van der Waals surface area (Å²) in [5, 5.41) is 2.91. The smallest absolute Gasteiger partial charge is 0.246 e. The lowest BCUT2D eigenvalue weighted by atomic mass is 9.85. The van der Waals surface area contributed by atoms with Crippen LogP contribution in [0.15, 0.2) is 0 Å². The zero-order valence-electron chi connectivity index (χ0n) is 13.7. The first-order chi connectivity index (χ1) is 9.80. The summed E-state index contributed by atoms with van der Waals surface area (Å²) in [5.74, 6) is 2.49. The molecule has 0 spiro atoms. The highest BCUT2D eigenvalue weighted by Crippen LogP contribution is 2.49. The van der Waals surface area contributed by atoms with Gasteiger partial charge in [0, 0.05) is 6.54 Å². The quantitative estimate of drug-likeness (QED) is 0.867. The number of fused-ring (bicyclic) bond motifs is 2. The van der Waals surface area contributed by atoms with Crippen LogP contribution in [-0.4, -0.2) is 34.8 Å². The highest BCUT2D eigenvalue weighted by molar-refractivity contribution is 5.99. The van der Waals surface area contributed by atoms with Crippen molar-refractivity contribution in [2.45, 2.75) is 65.0 Å². The first-order valence-electron chi connectivity index (χ1n) is 8.43. The standard InChI is InChI=1S/C17H28N2O2/c1-10(2)14-15(20)19(17(3,4)16(21)18-14)9-13-8-11-5-6-12(13)7-11/h10-14H,5-9H2,1-4H3,(H,18,21). The van der Waals surface area contributed by atoms with E-state index in [1.165, 1.54) is 25.7 Å². The Bertz CT molecular complexity index is 458. The van der Waals surface area contributed by atoms with Gasteiger partial charge in [0.15, 0.2) is 0 Å². The van der Waals surface area contributed by atoms with Crippen LogP contribution in [0.2, 0.25) is 0 Å². The van der Waals surface area contributed by atoms with Crippen molar-refractivity contribution in [1.29, 1.82) is 0 Å². The first-order valence-corrected chi connectivity index (χ1v) is 8.43. The molecular weight excluding hydrogens is 264 g/mol. The molecular formula is C17H28N2O2. The molecule has 2 bridgehead atoms. The maximum atomic E-state index is 12.8. The Kier molecular flexibility index (Phi) is 3.53. The molecule has 4 unspecified atom stereocenters. The van der Waals surface area contributed by atoms with Crippen molar-refractivity contribution >= 4 is 11.8 Å². The minimum Gasteiger partial charge on any atom is -0.342 e. The fraction of sp³-hybridized carbons (Fsp3) is 0.882. The number of carbonyl (C=O) groups excluding carboxylic acids is 2. The molecule has 3 fully saturated rings. The minimum absolute atomic E-state index is 0.0102. The summed E-state index contributed by atoms with van der Waals surface area (Å²) < 4.78 is 0. The molecule has 0 aromatic heterocycles. The molecule has 118 valence electrons. The van der Waals surface area contributed by atoms with Crippen molar-refractivity contribution in [3.05, 3.63) is 0 Å². The van der Waals surface area contributed by atoms with Gasteiger partial charge in [-0.1, -0.05) is 20.3 Å². The molecule has 1 heterocycles. The molecule has 1 N–H and O–H groups in total. The molecule has 4 nitrogen and oxygen atoms in total. The van der Waals surface area contributed by atoms with Crippen molar-refractivity contribution in [3.8, 4) is 0 Å². The topological polar surface area (TPSA) is 49.4 Å². The van der Waals surface area contributed by atoms with Crippen molar-refractivity contribution < 1.29 is 9.59 Å². The summed E-state index contributed by atoms with van der Waals surface area (Å²) in [6, 6.07) is -0.357. The van der Waals surface area contributed by atoms with Crippen LogP contribution in [0.1, 0.15) is 53.4 Å². The molecule has 1 saturated heterocycles. The molecule has 0 aromatic carbocycles. The van der Waals surface area contributed by atoms with E-state index in [4.69, 9.17) is 0 Å². The van der Waals surface area contributed by atoms with E-state index < -0.39 is 5.54 Å². The van der Waals surface area contributed by atoms with Crippen LogP contribution in [0.4, 0.5) is 0 Å². The molecule has 1 aliphatic heterocycles. The van der Waals surface area contributed by atoms with E-state index in [2.05, 4.69) is 5.32 Å². The van der Waals surface area contributed by atoms with Gasteiger partial charge in [-0.05, 0) is 56.8 Å². The number of rotatable bonds is 3. The highest BCUT2D eigenvalue weighted by Gasteiger charge is 2.49. The predicted octanol–water partition coefficient (Wildman–Crippen LogP) is 2.18. The lowest BCUT2D eigenvalue weighted by Gasteiger charge is -2.47. The van der Waals surface area contributed by atoms with Gasteiger partial charge in [-0.2, -0.15) is 0 Å². The lowest BCUT2D eigenvalue weighted by molar-refractivity contribution is -0.157. The molecule has 4 heteroatoms. The number of piperazine rings is 1. The second-order valence-corrected chi connectivity index (χ2v) is 8.14. The van der Waals surface area contributed by atoms with Gasteiger partial charge in [-0.3, -0.25) is 9.59 Å². The van der Waals surface area contributed by atoms with E-state index in [-0.39, 0.29) is 23.8 Å². The SMILES string of the molecule is CC(C)C1NC(=O)C(C)(C)N(CC2CC3CCC2C3)C1=O. The van der Waals surface area contributed by atoms with Gasteiger partial charge in [0.1, 0.15) is 11.6 Å². The third kappa shape index (κ3) is 2.36. The van der Waals surface area contributed by atoms with Gasteiger partial charge >= 0.3 is 0 Å². The highest BCUT2D eigenvalue weighted by atomic mass is 16.2. The zero-order valence-corrected chi connectivity index (χ0v) is 13.7. The van der Waals surface area contributed by atoms with Crippen LogP contribution in [0.25, 0.3) is 0 Å². The number of hydrogen-bond acceptors (Lipinski definition) is 2. The largest absolute Gasteiger partial charge is 0.342 e. The summed E-state index contributed by atoms with van der Waals surface area (Å²) in [6.45, 7) is 8.52. The number of nitrogens with zero attached hydrogens (tertiary/aromatic N) is 1.